The molecule has 2 amide bonds. The smallest absolute Gasteiger partial charge is 0.324 e. The molecule has 0 aliphatic carbocycles. The number of rotatable bonds is 9. The van der Waals surface area contributed by atoms with Gasteiger partial charge >= 0.3 is 6.03 Å². The number of nitrogens with zero attached hydrogens (tertiary/aromatic N) is 3. The second-order valence-corrected chi connectivity index (χ2v) is 9.18. The highest BCUT2D eigenvalue weighted by Crippen LogP contribution is 2.31. The number of halogens is 2. The molecule has 1 aliphatic rings. The minimum absolute atomic E-state index is 0.0750. The van der Waals surface area contributed by atoms with Crippen molar-refractivity contribution in [2.45, 2.75) is 19.8 Å². The molecule has 5 nitrogen and oxygen atoms in total. The summed E-state index contributed by atoms with van der Waals surface area (Å²) in [5.74, 6) is 1.22. The first-order valence-electron chi connectivity index (χ1n) is 11.2. The van der Waals surface area contributed by atoms with E-state index in [1.807, 2.05) is 58.3 Å². The molecule has 1 saturated heterocycles. The minimum Gasteiger partial charge on any atom is -0.493 e. The van der Waals surface area contributed by atoms with E-state index in [1.54, 1.807) is 18.5 Å². The minimum atomic E-state index is 0.0750. The van der Waals surface area contributed by atoms with Gasteiger partial charge in [-0.1, -0.05) is 48.3 Å². The number of urea groups is 1. The Kier molecular flexibility index (Phi) is 7.73. The van der Waals surface area contributed by atoms with Crippen LogP contribution in [0.15, 0.2) is 67.0 Å². The summed E-state index contributed by atoms with van der Waals surface area (Å²) in [6, 6.07) is 17.3. The van der Waals surface area contributed by atoms with E-state index in [0.717, 1.165) is 55.0 Å². The quantitative estimate of drug-likeness (QED) is 0.336. The zero-order valence-corrected chi connectivity index (χ0v) is 20.1. The third kappa shape index (κ3) is 5.98. The second-order valence-electron chi connectivity index (χ2n) is 8.33. The Labute approximate surface area is 204 Å². The van der Waals surface area contributed by atoms with E-state index in [9.17, 15) is 4.79 Å². The number of ether oxygens (including phenoxy) is 1. The van der Waals surface area contributed by atoms with Gasteiger partial charge in [-0.05, 0) is 60.7 Å². The van der Waals surface area contributed by atoms with Gasteiger partial charge in [0.05, 0.1) is 6.61 Å². The Bertz CT molecular complexity index is 1080. The van der Waals surface area contributed by atoms with Crippen molar-refractivity contribution in [2.24, 2.45) is 5.92 Å². The van der Waals surface area contributed by atoms with Crippen LogP contribution in [0, 0.1) is 5.92 Å². The van der Waals surface area contributed by atoms with Crippen LogP contribution in [0.2, 0.25) is 10.0 Å². The fourth-order valence-electron chi connectivity index (χ4n) is 3.96. The molecule has 172 valence electrons. The Hall–Kier alpha value is -2.76. The fraction of sp³-hybridized carbons (Fsp3) is 0.308. The average molecular weight is 484 g/mol. The maximum atomic E-state index is 12.7. The molecule has 1 unspecified atom stereocenters. The number of hydrogen-bond donors (Lipinski definition) is 0. The van der Waals surface area contributed by atoms with Crippen molar-refractivity contribution in [2.75, 3.05) is 31.1 Å². The van der Waals surface area contributed by atoms with Crippen LogP contribution in [0.1, 0.15) is 19.8 Å². The summed E-state index contributed by atoms with van der Waals surface area (Å²) in [4.78, 5) is 20.4. The van der Waals surface area contributed by atoms with E-state index in [-0.39, 0.29) is 6.03 Å². The molecule has 33 heavy (non-hydrogen) atoms. The lowest BCUT2D eigenvalue weighted by Crippen LogP contribution is -2.32. The normalized spacial score (nSPS) is 14.6. The molecule has 2 aromatic carbocycles. The van der Waals surface area contributed by atoms with Crippen molar-refractivity contribution in [3.8, 4) is 16.9 Å². The Balaban J connectivity index is 1.20. The molecule has 1 aliphatic heterocycles. The van der Waals surface area contributed by atoms with Crippen molar-refractivity contribution in [3.63, 3.8) is 0 Å². The molecule has 2 heterocycles. The van der Waals surface area contributed by atoms with Gasteiger partial charge in [-0.25, -0.2) is 4.79 Å². The van der Waals surface area contributed by atoms with Crippen LogP contribution >= 0.6 is 23.2 Å². The van der Waals surface area contributed by atoms with Crippen LogP contribution in [-0.2, 0) is 0 Å². The molecule has 1 aromatic heterocycles. The van der Waals surface area contributed by atoms with Crippen LogP contribution in [0.5, 0.6) is 5.75 Å². The number of pyridine rings is 1. The molecule has 0 bridgehead atoms. The predicted octanol–water partition coefficient (Wildman–Crippen LogP) is 6.79. The lowest BCUT2D eigenvalue weighted by atomic mass is 10.1. The lowest BCUT2D eigenvalue weighted by molar-refractivity contribution is 0.214. The van der Waals surface area contributed by atoms with Gasteiger partial charge in [0.25, 0.3) is 0 Å². The number of anilines is 1. The predicted molar refractivity (Wildman–Crippen MR) is 134 cm³/mol. The Morgan fingerprint density at radius 3 is 2.52 bits per heavy atom. The summed E-state index contributed by atoms with van der Waals surface area (Å²) in [7, 11) is 0. The highest BCUT2D eigenvalue weighted by molar-refractivity contribution is 6.36. The van der Waals surface area contributed by atoms with Gasteiger partial charge in [-0.15, -0.1) is 0 Å². The van der Waals surface area contributed by atoms with Gasteiger partial charge < -0.3 is 9.64 Å². The monoisotopic (exact) mass is 483 g/mol. The van der Waals surface area contributed by atoms with E-state index in [1.165, 1.54) is 0 Å². The average Bonchev–Trinajstić information content (AvgIpc) is 3.19. The summed E-state index contributed by atoms with van der Waals surface area (Å²) in [5.41, 5.74) is 2.87. The third-order valence-corrected chi connectivity index (χ3v) is 6.37. The highest BCUT2D eigenvalue weighted by atomic mass is 35.5. The van der Waals surface area contributed by atoms with Gasteiger partial charge in [0.15, 0.2) is 0 Å². The summed E-state index contributed by atoms with van der Waals surface area (Å²) in [6.07, 6.45) is 5.38. The first-order chi connectivity index (χ1) is 16.0. The van der Waals surface area contributed by atoms with Crippen molar-refractivity contribution < 1.29 is 9.53 Å². The molecule has 0 saturated carbocycles. The van der Waals surface area contributed by atoms with E-state index < -0.39 is 0 Å². The zero-order valence-electron chi connectivity index (χ0n) is 18.6. The van der Waals surface area contributed by atoms with Crippen molar-refractivity contribution in [1.82, 2.24) is 9.88 Å². The second kappa shape index (κ2) is 10.9. The summed E-state index contributed by atoms with van der Waals surface area (Å²) >= 11 is 12.3. The number of carbonyl (C=O) groups is 1. The molecular formula is C26H27Cl2N3O2. The number of aromatic nitrogens is 1. The van der Waals surface area contributed by atoms with E-state index >= 15 is 0 Å². The van der Waals surface area contributed by atoms with Gasteiger partial charge in [-0.2, -0.15) is 0 Å². The molecule has 4 rings (SSSR count). The van der Waals surface area contributed by atoms with Crippen LogP contribution in [-0.4, -0.2) is 42.2 Å². The molecule has 3 aromatic rings. The van der Waals surface area contributed by atoms with Gasteiger partial charge in [0.1, 0.15) is 5.75 Å². The van der Waals surface area contributed by atoms with Gasteiger partial charge in [0, 0.05) is 53.3 Å². The maximum absolute atomic E-state index is 12.7. The molecule has 0 N–H and O–H groups in total. The molecule has 0 spiro atoms. The van der Waals surface area contributed by atoms with Crippen LogP contribution < -0.4 is 9.64 Å². The highest BCUT2D eigenvalue weighted by Gasteiger charge is 2.28. The third-order valence-electron chi connectivity index (χ3n) is 5.83. The van der Waals surface area contributed by atoms with Gasteiger partial charge in [0.2, 0.25) is 0 Å². The topological polar surface area (TPSA) is 45.7 Å². The van der Waals surface area contributed by atoms with E-state index in [4.69, 9.17) is 27.9 Å². The largest absolute Gasteiger partial charge is 0.493 e. The van der Waals surface area contributed by atoms with E-state index in [0.29, 0.717) is 22.6 Å². The van der Waals surface area contributed by atoms with Gasteiger partial charge in [-0.3, -0.25) is 9.88 Å². The van der Waals surface area contributed by atoms with Crippen molar-refractivity contribution in [1.29, 1.82) is 0 Å². The Morgan fingerprint density at radius 1 is 1.03 bits per heavy atom. The number of benzene rings is 2. The number of amides is 2. The zero-order chi connectivity index (χ0) is 23.2. The summed E-state index contributed by atoms with van der Waals surface area (Å²) in [5, 5.41) is 1.25. The fourth-order valence-corrected chi connectivity index (χ4v) is 4.48. The Morgan fingerprint density at radius 2 is 1.79 bits per heavy atom. The maximum Gasteiger partial charge on any atom is 0.324 e. The number of carbonyl (C=O) groups excluding carboxylic acids is 1. The molecule has 1 atom stereocenters. The molecule has 1 fully saturated rings. The van der Waals surface area contributed by atoms with Crippen molar-refractivity contribution >= 4 is 34.9 Å². The lowest BCUT2D eigenvalue weighted by Gasteiger charge is -2.19. The van der Waals surface area contributed by atoms with Crippen molar-refractivity contribution in [3.05, 3.63) is 77.0 Å². The van der Waals surface area contributed by atoms with Crippen LogP contribution in [0.3, 0.4) is 0 Å². The molecular weight excluding hydrogens is 457 g/mol. The van der Waals surface area contributed by atoms with E-state index in [2.05, 4.69) is 11.9 Å². The SMILES string of the molecule is CC(CCCN1CCN(c2ccncc2)C1=O)COc1ccc(-c2ccc(Cl)cc2Cl)cc1. The number of hydrogen-bond acceptors (Lipinski definition) is 3. The molecule has 7 heteroatoms. The summed E-state index contributed by atoms with van der Waals surface area (Å²) < 4.78 is 5.98. The first-order valence-corrected chi connectivity index (χ1v) is 11.9. The molecule has 0 radical (unpaired) electrons. The van der Waals surface area contributed by atoms with Crippen LogP contribution in [0.25, 0.3) is 11.1 Å². The van der Waals surface area contributed by atoms with Crippen LogP contribution in [0.4, 0.5) is 10.5 Å². The standard InChI is InChI=1S/C26H27Cl2N3O2/c1-19(3-2-14-30-15-16-31(26(30)32)22-10-12-29-13-11-22)18-33-23-7-4-20(5-8-23)24-9-6-21(27)17-25(24)28/h4-13,17,19H,2-3,14-16,18H2,1H3. The summed E-state index contributed by atoms with van der Waals surface area (Å²) in [6.45, 7) is 5.06. The first kappa shape index (κ1) is 23.4.